The Kier molecular flexibility index (Phi) is 12.8. The lowest BCUT2D eigenvalue weighted by Gasteiger charge is -2.21. The normalized spacial score (nSPS) is 11.2. The number of nitrogens with zero attached hydrogens (tertiary/aromatic N) is 1. The molecule has 0 aliphatic carbocycles. The number of rotatable bonds is 12. The molecule has 0 amide bonds. The average molecular weight is 230 g/mol. The van der Waals surface area contributed by atoms with E-state index >= 15 is 0 Å². The quantitative estimate of drug-likeness (QED) is 0.421. The van der Waals surface area contributed by atoms with Gasteiger partial charge in [0.2, 0.25) is 0 Å². The van der Waals surface area contributed by atoms with Crippen molar-refractivity contribution in [1.82, 2.24) is 15.5 Å². The Bertz CT molecular complexity index is 118. The summed E-state index contributed by atoms with van der Waals surface area (Å²) in [4.78, 5) is 2.42. The Morgan fingerprint density at radius 2 is 1.31 bits per heavy atom. The fourth-order valence-electron chi connectivity index (χ4n) is 1.60. The van der Waals surface area contributed by atoms with Gasteiger partial charge in [0.05, 0.1) is 0 Å². The molecule has 0 unspecified atom stereocenters. The van der Waals surface area contributed by atoms with Crippen LogP contribution < -0.4 is 16.4 Å². The summed E-state index contributed by atoms with van der Waals surface area (Å²) in [6.07, 6.45) is 2.41. The smallest absolute Gasteiger partial charge is 0.0108 e. The van der Waals surface area contributed by atoms with E-state index in [-0.39, 0.29) is 0 Å². The van der Waals surface area contributed by atoms with E-state index in [0.717, 1.165) is 52.4 Å². The first-order chi connectivity index (χ1) is 7.85. The van der Waals surface area contributed by atoms with Gasteiger partial charge in [-0.25, -0.2) is 0 Å². The molecule has 0 aromatic heterocycles. The molecule has 4 N–H and O–H groups in total. The lowest BCUT2D eigenvalue weighted by atomic mass is 10.4. The fourth-order valence-corrected chi connectivity index (χ4v) is 1.60. The van der Waals surface area contributed by atoms with Gasteiger partial charge in [-0.3, -0.25) is 4.90 Å². The van der Waals surface area contributed by atoms with Crippen molar-refractivity contribution in [2.24, 2.45) is 5.73 Å². The molecular formula is C12H30N4. The first-order valence-corrected chi connectivity index (χ1v) is 6.69. The van der Waals surface area contributed by atoms with E-state index in [2.05, 4.69) is 29.4 Å². The van der Waals surface area contributed by atoms with Crippen molar-refractivity contribution in [2.45, 2.75) is 26.7 Å². The molecule has 98 valence electrons. The third-order valence-corrected chi connectivity index (χ3v) is 2.51. The van der Waals surface area contributed by atoms with Crippen LogP contribution in [0.15, 0.2) is 0 Å². The Balaban J connectivity index is 3.45. The highest BCUT2D eigenvalue weighted by Gasteiger charge is 2.02. The molecular weight excluding hydrogens is 200 g/mol. The minimum Gasteiger partial charge on any atom is -0.329 e. The van der Waals surface area contributed by atoms with E-state index in [4.69, 9.17) is 5.73 Å². The van der Waals surface area contributed by atoms with Crippen LogP contribution in [0.3, 0.4) is 0 Å². The maximum atomic E-state index is 5.61. The molecule has 0 fully saturated rings. The Labute approximate surface area is 101 Å². The van der Waals surface area contributed by atoms with Crippen molar-refractivity contribution in [1.29, 1.82) is 0 Å². The monoisotopic (exact) mass is 230 g/mol. The fraction of sp³-hybridized carbons (Fsp3) is 1.00. The molecule has 0 heterocycles. The maximum Gasteiger partial charge on any atom is 0.0108 e. The molecule has 16 heavy (non-hydrogen) atoms. The van der Waals surface area contributed by atoms with Crippen molar-refractivity contribution >= 4 is 0 Å². The number of nitrogens with two attached hydrogens (primary N) is 1. The first kappa shape index (κ1) is 15.8. The van der Waals surface area contributed by atoms with Crippen LogP contribution in [-0.4, -0.2) is 57.3 Å². The summed E-state index contributed by atoms with van der Waals surface area (Å²) >= 11 is 0. The highest BCUT2D eigenvalue weighted by atomic mass is 15.2. The molecule has 0 aliphatic heterocycles. The molecule has 0 saturated carbocycles. The van der Waals surface area contributed by atoms with Gasteiger partial charge >= 0.3 is 0 Å². The molecule has 4 heteroatoms. The van der Waals surface area contributed by atoms with Crippen molar-refractivity contribution in [2.75, 3.05) is 52.4 Å². The predicted octanol–water partition coefficient (Wildman–Crippen LogP) is 0.246. The Hall–Kier alpha value is -0.160. The van der Waals surface area contributed by atoms with Crippen LogP contribution in [0.5, 0.6) is 0 Å². The van der Waals surface area contributed by atoms with Gasteiger partial charge in [-0.2, -0.15) is 0 Å². The zero-order valence-corrected chi connectivity index (χ0v) is 11.1. The summed E-state index contributed by atoms with van der Waals surface area (Å²) in [5.41, 5.74) is 5.61. The maximum absolute atomic E-state index is 5.61. The number of hydrogen-bond acceptors (Lipinski definition) is 4. The minimum absolute atomic E-state index is 0.752. The number of nitrogens with one attached hydrogen (secondary N) is 2. The molecule has 0 spiro atoms. The van der Waals surface area contributed by atoms with Gasteiger partial charge in [0.25, 0.3) is 0 Å². The molecule has 0 saturated heterocycles. The van der Waals surface area contributed by atoms with E-state index in [9.17, 15) is 0 Å². The predicted molar refractivity (Wildman–Crippen MR) is 71.8 cm³/mol. The van der Waals surface area contributed by atoms with Crippen molar-refractivity contribution in [3.8, 4) is 0 Å². The van der Waals surface area contributed by atoms with E-state index < -0.39 is 0 Å². The van der Waals surface area contributed by atoms with Crippen LogP contribution >= 0.6 is 0 Å². The van der Waals surface area contributed by atoms with Gasteiger partial charge in [-0.05, 0) is 25.9 Å². The van der Waals surface area contributed by atoms with Crippen LogP contribution in [0, 0.1) is 0 Å². The lowest BCUT2D eigenvalue weighted by Crippen LogP contribution is -2.39. The van der Waals surface area contributed by atoms with Crippen LogP contribution in [-0.2, 0) is 0 Å². The number of hydrogen-bond donors (Lipinski definition) is 3. The van der Waals surface area contributed by atoms with Gasteiger partial charge in [0, 0.05) is 39.3 Å². The summed E-state index contributed by atoms with van der Waals surface area (Å²) in [5.74, 6) is 0. The van der Waals surface area contributed by atoms with Gasteiger partial charge in [-0.1, -0.05) is 13.8 Å². The molecule has 0 atom stereocenters. The van der Waals surface area contributed by atoms with E-state index in [1.165, 1.54) is 12.8 Å². The molecule has 0 rings (SSSR count). The van der Waals surface area contributed by atoms with Crippen LogP contribution in [0.1, 0.15) is 26.7 Å². The van der Waals surface area contributed by atoms with Gasteiger partial charge in [0.1, 0.15) is 0 Å². The van der Waals surface area contributed by atoms with Gasteiger partial charge < -0.3 is 16.4 Å². The average Bonchev–Trinajstić information content (AvgIpc) is 2.30. The lowest BCUT2D eigenvalue weighted by molar-refractivity contribution is 0.280. The summed E-state index contributed by atoms with van der Waals surface area (Å²) in [6, 6.07) is 0. The van der Waals surface area contributed by atoms with Crippen LogP contribution in [0.4, 0.5) is 0 Å². The SMILES string of the molecule is CCCNCCN(CCN)CCNCCC. The highest BCUT2D eigenvalue weighted by Crippen LogP contribution is 1.85. The first-order valence-electron chi connectivity index (χ1n) is 6.69. The van der Waals surface area contributed by atoms with Crippen LogP contribution in [0.2, 0.25) is 0 Å². The Morgan fingerprint density at radius 1 is 0.812 bits per heavy atom. The van der Waals surface area contributed by atoms with Crippen molar-refractivity contribution < 1.29 is 0 Å². The largest absolute Gasteiger partial charge is 0.329 e. The molecule has 0 aliphatic rings. The minimum atomic E-state index is 0.752. The zero-order chi connectivity index (χ0) is 12.1. The van der Waals surface area contributed by atoms with Crippen molar-refractivity contribution in [3.63, 3.8) is 0 Å². The van der Waals surface area contributed by atoms with Crippen LogP contribution in [0.25, 0.3) is 0 Å². The van der Waals surface area contributed by atoms with Crippen molar-refractivity contribution in [3.05, 3.63) is 0 Å². The second-order valence-electron chi connectivity index (χ2n) is 4.13. The molecule has 0 aromatic carbocycles. The third-order valence-electron chi connectivity index (χ3n) is 2.51. The highest BCUT2D eigenvalue weighted by molar-refractivity contribution is 4.62. The summed E-state index contributed by atoms with van der Waals surface area (Å²) in [7, 11) is 0. The molecule has 4 nitrogen and oxygen atoms in total. The topological polar surface area (TPSA) is 53.3 Å². The van der Waals surface area contributed by atoms with E-state index in [1.54, 1.807) is 0 Å². The third kappa shape index (κ3) is 10.4. The second-order valence-corrected chi connectivity index (χ2v) is 4.13. The second kappa shape index (κ2) is 12.9. The summed E-state index contributed by atoms with van der Waals surface area (Å²) in [5, 5.41) is 6.85. The molecule has 0 radical (unpaired) electrons. The van der Waals surface area contributed by atoms with E-state index in [1.807, 2.05) is 0 Å². The standard InChI is InChI=1S/C12H30N4/c1-3-6-14-8-11-16(10-5-13)12-9-15-7-4-2/h14-15H,3-13H2,1-2H3. The zero-order valence-electron chi connectivity index (χ0n) is 11.1. The summed E-state index contributed by atoms with van der Waals surface area (Å²) < 4.78 is 0. The summed E-state index contributed by atoms with van der Waals surface area (Å²) in [6.45, 7) is 12.7. The molecule has 0 aromatic rings. The van der Waals surface area contributed by atoms with E-state index in [0.29, 0.717) is 0 Å². The van der Waals surface area contributed by atoms with Gasteiger partial charge in [0.15, 0.2) is 0 Å². The molecule has 0 bridgehead atoms. The van der Waals surface area contributed by atoms with Gasteiger partial charge in [-0.15, -0.1) is 0 Å². The Morgan fingerprint density at radius 3 is 1.69 bits per heavy atom.